The summed E-state index contributed by atoms with van der Waals surface area (Å²) >= 11 is 3.57. The molecule has 0 radical (unpaired) electrons. The molecule has 174 valence electrons. The number of halogens is 3. The van der Waals surface area contributed by atoms with Crippen LogP contribution >= 0.6 is 15.9 Å². The van der Waals surface area contributed by atoms with Crippen molar-refractivity contribution in [1.82, 2.24) is 20.4 Å². The van der Waals surface area contributed by atoms with Crippen molar-refractivity contribution in [3.63, 3.8) is 0 Å². The van der Waals surface area contributed by atoms with Crippen LogP contribution in [-0.2, 0) is 7.05 Å². The van der Waals surface area contributed by atoms with E-state index >= 15 is 0 Å². The van der Waals surface area contributed by atoms with Gasteiger partial charge >= 0.3 is 0 Å². The van der Waals surface area contributed by atoms with Gasteiger partial charge in [0.25, 0.3) is 5.91 Å². The lowest BCUT2D eigenvalue weighted by molar-refractivity contribution is 0.0924. The summed E-state index contributed by atoms with van der Waals surface area (Å²) in [5.41, 5.74) is 4.29. The molecule has 2 aromatic carbocycles. The van der Waals surface area contributed by atoms with E-state index in [0.29, 0.717) is 17.7 Å². The number of aryl methyl sites for hydroxylation is 1. The zero-order chi connectivity index (χ0) is 23.7. The maximum absolute atomic E-state index is 13.8. The van der Waals surface area contributed by atoms with Gasteiger partial charge in [-0.15, -0.1) is 0 Å². The van der Waals surface area contributed by atoms with Gasteiger partial charge in [-0.05, 0) is 70.2 Å². The highest BCUT2D eigenvalue weighted by Crippen LogP contribution is 2.34. The van der Waals surface area contributed by atoms with Gasteiger partial charge in [-0.1, -0.05) is 26.0 Å². The van der Waals surface area contributed by atoms with Gasteiger partial charge in [-0.25, -0.2) is 8.78 Å². The summed E-state index contributed by atoms with van der Waals surface area (Å²) in [5, 5.41) is 10.7. The Morgan fingerprint density at radius 1 is 1.21 bits per heavy atom. The van der Waals surface area contributed by atoms with Crippen LogP contribution in [-0.4, -0.2) is 34.8 Å². The van der Waals surface area contributed by atoms with Crippen LogP contribution in [0.1, 0.15) is 53.6 Å². The molecule has 33 heavy (non-hydrogen) atoms. The molecule has 2 atom stereocenters. The van der Waals surface area contributed by atoms with Crippen LogP contribution in [0.2, 0.25) is 0 Å². The number of aromatic nitrogens is 2. The van der Waals surface area contributed by atoms with E-state index in [2.05, 4.69) is 45.5 Å². The standard InChI is InChI=1S/C25H27BrF2N4O/c1-14(2)19-10-16(4-6-18(19)24-20(26)12-30-32(24)3)25(33)31-23-13-29-9-8-17(23)15-5-7-21(27)22(28)11-15/h4-7,10-12,14,17,23,29H,8-9,13H2,1-3H3,(H,31,33)/t17-,23+/m0/s1. The average Bonchev–Trinajstić information content (AvgIpc) is 3.13. The van der Waals surface area contributed by atoms with Gasteiger partial charge < -0.3 is 10.6 Å². The number of carbonyl (C=O) groups excluding carboxylic acids is 1. The third-order valence-electron chi connectivity index (χ3n) is 6.26. The molecule has 0 bridgehead atoms. The summed E-state index contributed by atoms with van der Waals surface area (Å²) in [4.78, 5) is 13.2. The Morgan fingerprint density at radius 3 is 2.67 bits per heavy atom. The molecule has 0 aliphatic carbocycles. The van der Waals surface area contributed by atoms with Crippen LogP contribution in [0.4, 0.5) is 8.78 Å². The van der Waals surface area contributed by atoms with Crippen LogP contribution < -0.4 is 10.6 Å². The number of hydrogen-bond acceptors (Lipinski definition) is 3. The summed E-state index contributed by atoms with van der Waals surface area (Å²) in [5.74, 6) is -1.82. The number of nitrogens with one attached hydrogen (secondary N) is 2. The highest BCUT2D eigenvalue weighted by Gasteiger charge is 2.29. The first-order valence-corrected chi connectivity index (χ1v) is 11.8. The Balaban J connectivity index is 1.60. The van der Waals surface area contributed by atoms with E-state index in [0.717, 1.165) is 40.3 Å². The van der Waals surface area contributed by atoms with Crippen LogP contribution in [0.5, 0.6) is 0 Å². The first-order valence-electron chi connectivity index (χ1n) is 11.0. The number of benzene rings is 2. The summed E-state index contributed by atoms with van der Waals surface area (Å²) in [6.07, 6.45) is 2.48. The summed E-state index contributed by atoms with van der Waals surface area (Å²) < 4.78 is 30.0. The van der Waals surface area contributed by atoms with E-state index in [4.69, 9.17) is 0 Å². The summed E-state index contributed by atoms with van der Waals surface area (Å²) in [7, 11) is 1.89. The summed E-state index contributed by atoms with van der Waals surface area (Å²) in [6, 6.07) is 9.46. The molecule has 2 heterocycles. The highest BCUT2D eigenvalue weighted by molar-refractivity contribution is 9.10. The molecule has 1 saturated heterocycles. The molecular formula is C25H27BrF2N4O. The van der Waals surface area contributed by atoms with Crippen molar-refractivity contribution in [3.05, 3.63) is 75.4 Å². The van der Waals surface area contributed by atoms with E-state index in [1.807, 2.05) is 29.9 Å². The molecule has 5 nitrogen and oxygen atoms in total. The fraction of sp³-hybridized carbons (Fsp3) is 0.360. The lowest BCUT2D eigenvalue weighted by atomic mass is 9.85. The van der Waals surface area contributed by atoms with Gasteiger partial charge in [-0.2, -0.15) is 5.10 Å². The molecule has 0 saturated carbocycles. The average molecular weight is 517 g/mol. The van der Waals surface area contributed by atoms with E-state index in [1.165, 1.54) is 6.07 Å². The predicted octanol–water partition coefficient (Wildman–Crippen LogP) is 5.13. The molecule has 1 amide bonds. The summed E-state index contributed by atoms with van der Waals surface area (Å²) in [6.45, 7) is 5.50. The second-order valence-electron chi connectivity index (χ2n) is 8.77. The molecule has 1 aromatic heterocycles. The molecule has 3 aromatic rings. The van der Waals surface area contributed by atoms with Gasteiger partial charge in [0.2, 0.25) is 0 Å². The van der Waals surface area contributed by atoms with Crippen molar-refractivity contribution >= 4 is 21.8 Å². The molecule has 1 fully saturated rings. The number of piperidine rings is 1. The van der Waals surface area contributed by atoms with Crippen LogP contribution in [0, 0.1) is 11.6 Å². The lowest BCUT2D eigenvalue weighted by Crippen LogP contribution is -2.50. The van der Waals surface area contributed by atoms with Crippen molar-refractivity contribution in [2.24, 2.45) is 7.05 Å². The molecule has 8 heteroatoms. The maximum Gasteiger partial charge on any atom is 0.251 e. The normalized spacial score (nSPS) is 18.5. The number of hydrogen-bond donors (Lipinski definition) is 2. The first kappa shape index (κ1) is 23.6. The molecule has 0 unspecified atom stereocenters. The zero-order valence-electron chi connectivity index (χ0n) is 18.8. The minimum Gasteiger partial charge on any atom is -0.347 e. The zero-order valence-corrected chi connectivity index (χ0v) is 20.4. The van der Waals surface area contributed by atoms with Crippen molar-refractivity contribution in [1.29, 1.82) is 0 Å². The van der Waals surface area contributed by atoms with Crippen molar-refractivity contribution in [2.75, 3.05) is 13.1 Å². The van der Waals surface area contributed by atoms with Crippen LogP contribution in [0.3, 0.4) is 0 Å². The molecule has 0 spiro atoms. The minimum absolute atomic E-state index is 0.0976. The van der Waals surface area contributed by atoms with Crippen molar-refractivity contribution in [2.45, 2.75) is 38.1 Å². The monoisotopic (exact) mass is 516 g/mol. The van der Waals surface area contributed by atoms with E-state index < -0.39 is 11.6 Å². The second-order valence-corrected chi connectivity index (χ2v) is 9.63. The largest absolute Gasteiger partial charge is 0.347 e. The Labute approximate surface area is 200 Å². The predicted molar refractivity (Wildman–Crippen MR) is 128 cm³/mol. The number of amides is 1. The molecular weight excluding hydrogens is 490 g/mol. The number of nitrogens with zero attached hydrogens (tertiary/aromatic N) is 2. The van der Waals surface area contributed by atoms with Crippen molar-refractivity contribution < 1.29 is 13.6 Å². The van der Waals surface area contributed by atoms with Gasteiger partial charge in [0.15, 0.2) is 11.6 Å². The Morgan fingerprint density at radius 2 is 2.00 bits per heavy atom. The minimum atomic E-state index is -0.866. The fourth-order valence-electron chi connectivity index (χ4n) is 4.51. The van der Waals surface area contributed by atoms with E-state index in [9.17, 15) is 13.6 Å². The van der Waals surface area contributed by atoms with E-state index in [-0.39, 0.29) is 23.8 Å². The highest BCUT2D eigenvalue weighted by atomic mass is 79.9. The van der Waals surface area contributed by atoms with Gasteiger partial charge in [0, 0.05) is 36.7 Å². The number of rotatable bonds is 5. The molecule has 2 N–H and O–H groups in total. The van der Waals surface area contributed by atoms with Gasteiger partial charge in [0.1, 0.15) is 0 Å². The van der Waals surface area contributed by atoms with Gasteiger partial charge in [-0.3, -0.25) is 9.48 Å². The third-order valence-corrected chi connectivity index (χ3v) is 6.84. The molecule has 1 aliphatic heterocycles. The lowest BCUT2D eigenvalue weighted by Gasteiger charge is -2.33. The quantitative estimate of drug-likeness (QED) is 0.494. The fourth-order valence-corrected chi connectivity index (χ4v) is 5.08. The SMILES string of the molecule is CC(C)c1cc(C(=O)N[C@@H]2CNCC[C@H]2c2ccc(F)c(F)c2)ccc1-c1c(Br)cnn1C. The number of carbonyl (C=O) groups is 1. The van der Waals surface area contributed by atoms with Crippen molar-refractivity contribution in [3.8, 4) is 11.3 Å². The van der Waals surface area contributed by atoms with E-state index in [1.54, 1.807) is 12.3 Å². The van der Waals surface area contributed by atoms with Gasteiger partial charge in [0.05, 0.1) is 16.4 Å². The smallest absolute Gasteiger partial charge is 0.251 e. The molecule has 4 rings (SSSR count). The van der Waals surface area contributed by atoms with Crippen LogP contribution in [0.25, 0.3) is 11.3 Å². The Bertz CT molecular complexity index is 1160. The topological polar surface area (TPSA) is 59.0 Å². The Hall–Kier alpha value is -2.58. The van der Waals surface area contributed by atoms with Crippen LogP contribution in [0.15, 0.2) is 47.1 Å². The second kappa shape index (κ2) is 9.73. The Kier molecular flexibility index (Phi) is 6.95. The third kappa shape index (κ3) is 4.87. The molecule has 1 aliphatic rings. The maximum atomic E-state index is 13.8. The first-order chi connectivity index (χ1) is 15.8.